The van der Waals surface area contributed by atoms with E-state index in [0.717, 1.165) is 43.4 Å². The Morgan fingerprint density at radius 1 is 1.41 bits per heavy atom. The maximum Gasteiger partial charge on any atom is 0.224 e. The van der Waals surface area contributed by atoms with Crippen LogP contribution in [0, 0.1) is 5.92 Å². The standard InChI is InChI=1S/C17H25BrN2O2/c1-22-11-3-9-19-17(21)15-4-2-10-20(13-15)12-14-5-7-16(18)8-6-14/h5-8,15H,2-4,9-13H2,1H3,(H,19,21). The van der Waals surface area contributed by atoms with Crippen LogP contribution in [0.3, 0.4) is 0 Å². The molecule has 1 N–H and O–H groups in total. The Labute approximate surface area is 141 Å². The van der Waals surface area contributed by atoms with Crippen LogP contribution >= 0.6 is 15.9 Å². The van der Waals surface area contributed by atoms with Crippen LogP contribution in [0.2, 0.25) is 0 Å². The first-order valence-corrected chi connectivity index (χ1v) is 8.72. The Morgan fingerprint density at radius 2 is 2.18 bits per heavy atom. The number of nitrogens with one attached hydrogen (secondary N) is 1. The number of halogens is 1. The van der Waals surface area contributed by atoms with Crippen molar-refractivity contribution >= 4 is 21.8 Å². The van der Waals surface area contributed by atoms with E-state index in [4.69, 9.17) is 4.74 Å². The highest BCUT2D eigenvalue weighted by molar-refractivity contribution is 9.10. The normalized spacial score (nSPS) is 19.1. The zero-order valence-electron chi connectivity index (χ0n) is 13.2. The number of hydrogen-bond acceptors (Lipinski definition) is 3. The lowest BCUT2D eigenvalue weighted by Gasteiger charge is -2.32. The van der Waals surface area contributed by atoms with Gasteiger partial charge in [0.05, 0.1) is 5.92 Å². The average molecular weight is 369 g/mol. The van der Waals surface area contributed by atoms with E-state index < -0.39 is 0 Å². The molecule has 1 unspecified atom stereocenters. The van der Waals surface area contributed by atoms with Gasteiger partial charge in [-0.05, 0) is 43.5 Å². The van der Waals surface area contributed by atoms with Crippen LogP contribution in [-0.4, -0.2) is 44.2 Å². The molecule has 4 nitrogen and oxygen atoms in total. The molecule has 1 aliphatic rings. The lowest BCUT2D eigenvalue weighted by molar-refractivity contribution is -0.126. The van der Waals surface area contributed by atoms with Gasteiger partial charge in [-0.3, -0.25) is 9.69 Å². The summed E-state index contributed by atoms with van der Waals surface area (Å²) >= 11 is 3.46. The quantitative estimate of drug-likeness (QED) is 0.752. The van der Waals surface area contributed by atoms with Gasteiger partial charge in [0, 0.05) is 37.8 Å². The van der Waals surface area contributed by atoms with E-state index in [1.165, 1.54) is 5.56 Å². The smallest absolute Gasteiger partial charge is 0.224 e. The summed E-state index contributed by atoms with van der Waals surface area (Å²) in [5, 5.41) is 3.03. The zero-order chi connectivity index (χ0) is 15.8. The summed E-state index contributed by atoms with van der Waals surface area (Å²) in [5.41, 5.74) is 1.30. The van der Waals surface area contributed by atoms with Crippen molar-refractivity contribution in [3.8, 4) is 0 Å². The molecule has 5 heteroatoms. The number of rotatable bonds is 7. The fraction of sp³-hybridized carbons (Fsp3) is 0.588. The van der Waals surface area contributed by atoms with Crippen molar-refractivity contribution in [2.45, 2.75) is 25.8 Å². The van der Waals surface area contributed by atoms with Gasteiger partial charge in [0.15, 0.2) is 0 Å². The molecule has 0 spiro atoms. The molecule has 1 amide bonds. The molecule has 122 valence electrons. The third kappa shape index (κ3) is 5.71. The van der Waals surface area contributed by atoms with Gasteiger partial charge in [-0.15, -0.1) is 0 Å². The van der Waals surface area contributed by atoms with E-state index in [1.807, 2.05) is 0 Å². The zero-order valence-corrected chi connectivity index (χ0v) is 14.8. The van der Waals surface area contributed by atoms with Gasteiger partial charge in [-0.1, -0.05) is 28.1 Å². The van der Waals surface area contributed by atoms with Gasteiger partial charge in [0.25, 0.3) is 0 Å². The number of nitrogens with zero attached hydrogens (tertiary/aromatic N) is 1. The van der Waals surface area contributed by atoms with E-state index in [2.05, 4.69) is 50.4 Å². The Kier molecular flexibility index (Phi) is 7.36. The highest BCUT2D eigenvalue weighted by atomic mass is 79.9. The summed E-state index contributed by atoms with van der Waals surface area (Å²) in [6, 6.07) is 8.41. The van der Waals surface area contributed by atoms with Gasteiger partial charge < -0.3 is 10.1 Å². The van der Waals surface area contributed by atoms with Crippen molar-refractivity contribution in [1.29, 1.82) is 0 Å². The first-order valence-electron chi connectivity index (χ1n) is 7.92. The van der Waals surface area contributed by atoms with Gasteiger partial charge >= 0.3 is 0 Å². The van der Waals surface area contributed by atoms with Crippen molar-refractivity contribution in [1.82, 2.24) is 10.2 Å². The number of hydrogen-bond donors (Lipinski definition) is 1. The lowest BCUT2D eigenvalue weighted by Crippen LogP contribution is -2.43. The third-order valence-electron chi connectivity index (χ3n) is 4.02. The van der Waals surface area contributed by atoms with E-state index >= 15 is 0 Å². The molecule has 1 aromatic carbocycles. The summed E-state index contributed by atoms with van der Waals surface area (Å²) in [4.78, 5) is 14.6. The molecule has 1 atom stereocenters. The molecule has 0 bridgehead atoms. The van der Waals surface area contributed by atoms with Crippen LogP contribution in [0.4, 0.5) is 0 Å². The number of carbonyl (C=O) groups excluding carboxylic acids is 1. The first kappa shape index (κ1) is 17.4. The van der Waals surface area contributed by atoms with Crippen LogP contribution in [0.1, 0.15) is 24.8 Å². The maximum atomic E-state index is 12.2. The number of likely N-dealkylation sites (tertiary alicyclic amines) is 1. The molecular formula is C17H25BrN2O2. The van der Waals surface area contributed by atoms with Gasteiger partial charge in [-0.2, -0.15) is 0 Å². The molecule has 0 aliphatic carbocycles. The molecule has 1 heterocycles. The minimum Gasteiger partial charge on any atom is -0.385 e. The monoisotopic (exact) mass is 368 g/mol. The molecule has 1 aliphatic heterocycles. The van der Waals surface area contributed by atoms with Crippen molar-refractivity contribution in [3.63, 3.8) is 0 Å². The van der Waals surface area contributed by atoms with Crippen LogP contribution in [0.15, 0.2) is 28.7 Å². The predicted molar refractivity (Wildman–Crippen MR) is 91.6 cm³/mol. The second kappa shape index (κ2) is 9.28. The van der Waals surface area contributed by atoms with E-state index in [9.17, 15) is 4.79 Å². The second-order valence-electron chi connectivity index (χ2n) is 5.84. The Morgan fingerprint density at radius 3 is 2.91 bits per heavy atom. The summed E-state index contributed by atoms with van der Waals surface area (Å²) in [7, 11) is 1.68. The van der Waals surface area contributed by atoms with Gasteiger partial charge in [-0.25, -0.2) is 0 Å². The molecule has 2 rings (SSSR count). The first-order chi connectivity index (χ1) is 10.7. The van der Waals surface area contributed by atoms with Crippen molar-refractivity contribution in [2.24, 2.45) is 5.92 Å². The molecular weight excluding hydrogens is 344 g/mol. The fourth-order valence-electron chi connectivity index (χ4n) is 2.83. The largest absolute Gasteiger partial charge is 0.385 e. The molecule has 0 radical (unpaired) electrons. The maximum absolute atomic E-state index is 12.2. The minimum absolute atomic E-state index is 0.117. The highest BCUT2D eigenvalue weighted by Gasteiger charge is 2.25. The second-order valence-corrected chi connectivity index (χ2v) is 6.75. The van der Waals surface area contributed by atoms with E-state index in [1.54, 1.807) is 7.11 Å². The highest BCUT2D eigenvalue weighted by Crippen LogP contribution is 2.19. The number of piperidine rings is 1. The Balaban J connectivity index is 1.78. The number of benzene rings is 1. The summed E-state index contributed by atoms with van der Waals surface area (Å²) < 4.78 is 6.10. The summed E-state index contributed by atoms with van der Waals surface area (Å²) in [6.45, 7) is 4.24. The Bertz CT molecular complexity index is 464. The summed E-state index contributed by atoms with van der Waals surface area (Å²) in [5.74, 6) is 0.309. The molecule has 0 saturated carbocycles. The third-order valence-corrected chi connectivity index (χ3v) is 4.55. The van der Waals surface area contributed by atoms with Crippen LogP contribution < -0.4 is 5.32 Å². The molecule has 1 aromatic rings. The van der Waals surface area contributed by atoms with Crippen molar-refractivity contribution in [3.05, 3.63) is 34.3 Å². The van der Waals surface area contributed by atoms with Gasteiger partial charge in [0.2, 0.25) is 5.91 Å². The number of methoxy groups -OCH3 is 1. The molecule has 22 heavy (non-hydrogen) atoms. The minimum atomic E-state index is 0.117. The number of amides is 1. The fourth-order valence-corrected chi connectivity index (χ4v) is 3.10. The van der Waals surface area contributed by atoms with E-state index in [-0.39, 0.29) is 11.8 Å². The Hall–Kier alpha value is -0.910. The average Bonchev–Trinajstić information content (AvgIpc) is 2.54. The topological polar surface area (TPSA) is 41.6 Å². The van der Waals surface area contributed by atoms with Crippen LogP contribution in [-0.2, 0) is 16.1 Å². The molecule has 1 saturated heterocycles. The van der Waals surface area contributed by atoms with Crippen LogP contribution in [0.25, 0.3) is 0 Å². The molecule has 1 fully saturated rings. The predicted octanol–water partition coefficient (Wildman–Crippen LogP) is 2.81. The van der Waals surface area contributed by atoms with E-state index in [0.29, 0.717) is 13.2 Å². The SMILES string of the molecule is COCCCNC(=O)C1CCCN(Cc2ccc(Br)cc2)C1. The van der Waals surface area contributed by atoms with Crippen molar-refractivity contribution in [2.75, 3.05) is 33.4 Å². The van der Waals surface area contributed by atoms with Crippen LogP contribution in [0.5, 0.6) is 0 Å². The van der Waals surface area contributed by atoms with Crippen molar-refractivity contribution < 1.29 is 9.53 Å². The molecule has 0 aromatic heterocycles. The lowest BCUT2D eigenvalue weighted by atomic mass is 9.96. The summed E-state index contributed by atoms with van der Waals surface area (Å²) in [6.07, 6.45) is 2.96. The van der Waals surface area contributed by atoms with Gasteiger partial charge in [0.1, 0.15) is 0 Å². The number of carbonyl (C=O) groups is 1. The number of ether oxygens (including phenoxy) is 1.